The van der Waals surface area contributed by atoms with Gasteiger partial charge >= 0.3 is 0 Å². The van der Waals surface area contributed by atoms with Crippen molar-refractivity contribution >= 4 is 21.6 Å². The molecule has 2 nitrogen and oxygen atoms in total. The molecule has 2 aliphatic rings. The summed E-state index contributed by atoms with van der Waals surface area (Å²) in [6.45, 7) is 0.610. The van der Waals surface area contributed by atoms with Crippen LogP contribution in [0, 0.1) is 11.6 Å². The highest BCUT2D eigenvalue weighted by Gasteiger charge is 2.34. The SMILES string of the molecule is Oc1ccc2c(c1)CCN(c1ccc(C3CC3)cc1)C2c1c(F)cc(Br)cc1F. The number of halogens is 3. The van der Waals surface area contributed by atoms with Crippen molar-refractivity contribution in [3.63, 3.8) is 0 Å². The van der Waals surface area contributed by atoms with Crippen molar-refractivity contribution < 1.29 is 13.9 Å². The van der Waals surface area contributed by atoms with E-state index in [4.69, 9.17) is 0 Å². The molecule has 0 bridgehead atoms. The molecule has 0 amide bonds. The van der Waals surface area contributed by atoms with E-state index in [-0.39, 0.29) is 11.3 Å². The summed E-state index contributed by atoms with van der Waals surface area (Å²) in [7, 11) is 0. The summed E-state index contributed by atoms with van der Waals surface area (Å²) in [5.41, 5.74) is 4.04. The molecule has 0 saturated heterocycles. The molecule has 1 unspecified atom stereocenters. The highest BCUT2D eigenvalue weighted by molar-refractivity contribution is 9.10. The summed E-state index contributed by atoms with van der Waals surface area (Å²) >= 11 is 3.17. The number of phenolic OH excluding ortho intramolecular Hbond substituents is 1. The lowest BCUT2D eigenvalue weighted by Crippen LogP contribution is -2.37. The third-order valence-corrected chi connectivity index (χ3v) is 6.40. The highest BCUT2D eigenvalue weighted by Crippen LogP contribution is 2.44. The Hall–Kier alpha value is -2.40. The molecule has 1 N–H and O–H groups in total. The maximum Gasteiger partial charge on any atom is 0.132 e. The molecule has 29 heavy (non-hydrogen) atoms. The Bertz CT molecular complexity index is 1060. The maximum atomic E-state index is 15.0. The zero-order valence-corrected chi connectivity index (χ0v) is 17.3. The third kappa shape index (κ3) is 3.42. The number of benzene rings is 3. The van der Waals surface area contributed by atoms with E-state index >= 15 is 0 Å². The highest BCUT2D eigenvalue weighted by atomic mass is 79.9. The summed E-state index contributed by atoms with van der Waals surface area (Å²) in [6, 6.07) is 15.4. The Kier molecular flexibility index (Phi) is 4.58. The summed E-state index contributed by atoms with van der Waals surface area (Å²) in [5, 5.41) is 9.89. The van der Waals surface area contributed by atoms with Gasteiger partial charge in [0.2, 0.25) is 0 Å². The predicted octanol–water partition coefficient (Wildman–Crippen LogP) is 6.46. The van der Waals surface area contributed by atoms with Gasteiger partial charge in [-0.3, -0.25) is 0 Å². The minimum Gasteiger partial charge on any atom is -0.508 e. The Morgan fingerprint density at radius 2 is 1.62 bits per heavy atom. The van der Waals surface area contributed by atoms with Crippen LogP contribution in [0.2, 0.25) is 0 Å². The molecule has 0 aromatic heterocycles. The molecule has 1 aliphatic heterocycles. The Morgan fingerprint density at radius 1 is 0.931 bits per heavy atom. The van der Waals surface area contributed by atoms with Crippen LogP contribution in [0.5, 0.6) is 5.75 Å². The quantitative estimate of drug-likeness (QED) is 0.489. The first-order valence-electron chi connectivity index (χ1n) is 9.84. The second-order valence-corrected chi connectivity index (χ2v) is 8.79. The molecule has 3 aromatic rings. The molecule has 5 rings (SSSR count). The van der Waals surface area contributed by atoms with E-state index in [1.165, 1.54) is 30.5 Å². The van der Waals surface area contributed by atoms with Gasteiger partial charge < -0.3 is 10.0 Å². The average molecular weight is 456 g/mol. The van der Waals surface area contributed by atoms with E-state index in [0.29, 0.717) is 23.4 Å². The second-order valence-electron chi connectivity index (χ2n) is 7.88. The first-order valence-corrected chi connectivity index (χ1v) is 10.6. The third-order valence-electron chi connectivity index (χ3n) is 5.95. The molecule has 1 atom stereocenters. The molecule has 1 aliphatic carbocycles. The van der Waals surface area contributed by atoms with Crippen LogP contribution in [-0.2, 0) is 6.42 Å². The number of aromatic hydroxyl groups is 1. The van der Waals surface area contributed by atoms with Gasteiger partial charge in [0, 0.05) is 16.7 Å². The van der Waals surface area contributed by atoms with E-state index in [0.717, 1.165) is 16.8 Å². The van der Waals surface area contributed by atoms with Crippen molar-refractivity contribution in [2.24, 2.45) is 0 Å². The Morgan fingerprint density at radius 3 is 2.28 bits per heavy atom. The number of nitrogens with zero attached hydrogens (tertiary/aromatic N) is 1. The normalized spacial score (nSPS) is 18.6. The van der Waals surface area contributed by atoms with E-state index in [9.17, 15) is 13.9 Å². The van der Waals surface area contributed by atoms with E-state index in [2.05, 4.69) is 45.1 Å². The first-order chi connectivity index (χ1) is 14.0. The van der Waals surface area contributed by atoms with Gasteiger partial charge in [0.25, 0.3) is 0 Å². The van der Waals surface area contributed by atoms with Gasteiger partial charge in [0.15, 0.2) is 0 Å². The van der Waals surface area contributed by atoms with Crippen LogP contribution in [0.4, 0.5) is 14.5 Å². The average Bonchev–Trinajstić information content (AvgIpc) is 3.52. The minimum atomic E-state index is -0.598. The Labute approximate surface area is 176 Å². The summed E-state index contributed by atoms with van der Waals surface area (Å²) < 4.78 is 30.4. The number of phenols is 1. The van der Waals surface area contributed by atoms with Crippen molar-refractivity contribution in [2.75, 3.05) is 11.4 Å². The second kappa shape index (κ2) is 7.13. The monoisotopic (exact) mass is 455 g/mol. The molecule has 148 valence electrons. The van der Waals surface area contributed by atoms with Crippen LogP contribution in [0.15, 0.2) is 59.1 Å². The van der Waals surface area contributed by atoms with Gasteiger partial charge in [-0.15, -0.1) is 0 Å². The fourth-order valence-electron chi connectivity index (χ4n) is 4.37. The lowest BCUT2D eigenvalue weighted by Gasteiger charge is -2.39. The van der Waals surface area contributed by atoms with Crippen LogP contribution in [0.3, 0.4) is 0 Å². The Balaban J connectivity index is 1.65. The summed E-state index contributed by atoms with van der Waals surface area (Å²) in [6.07, 6.45) is 3.17. The van der Waals surface area contributed by atoms with Crippen molar-refractivity contribution in [1.29, 1.82) is 0 Å². The summed E-state index contributed by atoms with van der Waals surface area (Å²) in [4.78, 5) is 2.06. The number of hydrogen-bond acceptors (Lipinski definition) is 2. The molecular formula is C24H20BrF2NO. The smallest absolute Gasteiger partial charge is 0.132 e. The zero-order valence-electron chi connectivity index (χ0n) is 15.7. The van der Waals surface area contributed by atoms with Gasteiger partial charge in [-0.25, -0.2) is 8.78 Å². The molecular weight excluding hydrogens is 436 g/mol. The minimum absolute atomic E-state index is 0.0334. The number of rotatable bonds is 3. The van der Waals surface area contributed by atoms with Gasteiger partial charge in [0.1, 0.15) is 17.4 Å². The van der Waals surface area contributed by atoms with Crippen molar-refractivity contribution in [1.82, 2.24) is 0 Å². The van der Waals surface area contributed by atoms with Crippen LogP contribution in [-0.4, -0.2) is 11.7 Å². The van der Waals surface area contributed by atoms with Gasteiger partial charge in [-0.1, -0.05) is 34.1 Å². The van der Waals surface area contributed by atoms with Gasteiger partial charge in [0.05, 0.1) is 11.6 Å². The zero-order chi connectivity index (χ0) is 20.1. The molecule has 1 saturated carbocycles. The molecule has 3 aromatic carbocycles. The van der Waals surface area contributed by atoms with Gasteiger partial charge in [-0.05, 0) is 78.3 Å². The van der Waals surface area contributed by atoms with Crippen molar-refractivity contribution in [2.45, 2.75) is 31.2 Å². The molecule has 1 heterocycles. The van der Waals surface area contributed by atoms with Crippen molar-refractivity contribution in [3.05, 3.63) is 93.0 Å². The van der Waals surface area contributed by atoms with Crippen molar-refractivity contribution in [3.8, 4) is 5.75 Å². The largest absolute Gasteiger partial charge is 0.508 e. The number of anilines is 1. The molecule has 0 spiro atoms. The molecule has 0 radical (unpaired) electrons. The van der Waals surface area contributed by atoms with Crippen LogP contribution >= 0.6 is 15.9 Å². The lowest BCUT2D eigenvalue weighted by molar-refractivity contribution is 0.472. The number of fused-ring (bicyclic) bond motifs is 1. The molecule has 5 heteroatoms. The van der Waals surface area contributed by atoms with Crippen LogP contribution < -0.4 is 4.90 Å². The van der Waals surface area contributed by atoms with Crippen LogP contribution in [0.25, 0.3) is 0 Å². The first kappa shape index (κ1) is 18.6. The van der Waals surface area contributed by atoms with E-state index in [1.54, 1.807) is 18.2 Å². The fraction of sp³-hybridized carbons (Fsp3) is 0.250. The number of hydrogen-bond donors (Lipinski definition) is 1. The fourth-order valence-corrected chi connectivity index (χ4v) is 4.77. The lowest BCUT2D eigenvalue weighted by atomic mass is 9.87. The van der Waals surface area contributed by atoms with Crippen LogP contribution in [0.1, 0.15) is 47.1 Å². The molecule has 1 fully saturated rings. The van der Waals surface area contributed by atoms with E-state index < -0.39 is 17.7 Å². The standard InChI is InChI=1S/C24H20BrF2NO/c25-17-12-21(26)23(22(27)13-17)24-20-8-7-19(29)11-16(20)9-10-28(24)18-5-3-15(4-6-18)14-1-2-14/h3-8,11-14,24,29H,1-2,9-10H2. The topological polar surface area (TPSA) is 23.5 Å². The summed E-state index contributed by atoms with van der Waals surface area (Å²) in [5.74, 6) is -0.336. The van der Waals surface area contributed by atoms with E-state index in [1.807, 2.05) is 0 Å². The maximum absolute atomic E-state index is 15.0. The van der Waals surface area contributed by atoms with Gasteiger partial charge in [-0.2, -0.15) is 0 Å². The predicted molar refractivity (Wildman–Crippen MR) is 113 cm³/mol.